The number of carbonyl (C=O) groups excluding carboxylic acids is 1. The van der Waals surface area contributed by atoms with Gasteiger partial charge in [-0.15, -0.1) is 0 Å². The molecule has 0 aromatic heterocycles. The van der Waals surface area contributed by atoms with E-state index in [9.17, 15) is 0 Å². The quantitative estimate of drug-likeness (QED) is 0.714. The predicted octanol–water partition coefficient (Wildman–Crippen LogP) is 3.94. The van der Waals surface area contributed by atoms with Crippen molar-refractivity contribution in [1.29, 1.82) is 0 Å². The standard InChI is InChI=1S/C10H22.C2H6O.CH2O/c1-6-10(4,5)8-7-9(2)3;1-3-2;1-2/h9H,6-8H2,1-5H3;1-2H3;1H2. The Morgan fingerprint density at radius 3 is 1.73 bits per heavy atom. The largest absolute Gasteiger partial charge is 0.388 e. The summed E-state index contributed by atoms with van der Waals surface area (Å²) in [7, 11) is 3.25. The van der Waals surface area contributed by atoms with Crippen molar-refractivity contribution in [3.63, 3.8) is 0 Å². The van der Waals surface area contributed by atoms with Crippen molar-refractivity contribution in [3.05, 3.63) is 0 Å². The summed E-state index contributed by atoms with van der Waals surface area (Å²) in [5.74, 6) is 0.867. The topological polar surface area (TPSA) is 26.3 Å². The molecular weight excluding hydrogens is 188 g/mol. The van der Waals surface area contributed by atoms with Crippen molar-refractivity contribution < 1.29 is 9.53 Å². The molecule has 0 amide bonds. The first-order valence-corrected chi connectivity index (χ1v) is 5.58. The molecule has 0 heterocycles. The van der Waals surface area contributed by atoms with Crippen LogP contribution in [0.4, 0.5) is 0 Å². The van der Waals surface area contributed by atoms with Crippen LogP contribution in [0.3, 0.4) is 0 Å². The van der Waals surface area contributed by atoms with Crippen LogP contribution in [-0.4, -0.2) is 21.0 Å². The average molecular weight is 218 g/mol. The summed E-state index contributed by atoms with van der Waals surface area (Å²) in [6.45, 7) is 13.6. The highest BCUT2D eigenvalue weighted by atomic mass is 16.4. The van der Waals surface area contributed by atoms with Crippen LogP contribution in [0.1, 0.15) is 53.9 Å². The fourth-order valence-electron chi connectivity index (χ4n) is 0.856. The summed E-state index contributed by atoms with van der Waals surface area (Å²) in [5.41, 5.74) is 0.574. The van der Waals surface area contributed by atoms with E-state index in [-0.39, 0.29) is 0 Å². The Balaban J connectivity index is -0.000000245. The van der Waals surface area contributed by atoms with Gasteiger partial charge in [0.15, 0.2) is 0 Å². The molecule has 0 radical (unpaired) electrons. The Morgan fingerprint density at radius 2 is 1.53 bits per heavy atom. The third-order valence-corrected chi connectivity index (χ3v) is 2.36. The molecule has 0 aliphatic rings. The molecular formula is C13H30O2. The number of hydrogen-bond acceptors (Lipinski definition) is 2. The van der Waals surface area contributed by atoms with Crippen molar-refractivity contribution in [2.24, 2.45) is 11.3 Å². The van der Waals surface area contributed by atoms with Gasteiger partial charge in [-0.25, -0.2) is 0 Å². The molecule has 0 aliphatic heterocycles. The van der Waals surface area contributed by atoms with E-state index in [2.05, 4.69) is 39.4 Å². The van der Waals surface area contributed by atoms with Crippen molar-refractivity contribution in [2.75, 3.05) is 14.2 Å². The van der Waals surface area contributed by atoms with Crippen molar-refractivity contribution in [2.45, 2.75) is 53.9 Å². The Kier molecular flexibility index (Phi) is 18.3. The average Bonchev–Trinajstić information content (AvgIpc) is 2.19. The summed E-state index contributed by atoms with van der Waals surface area (Å²) >= 11 is 0. The number of rotatable bonds is 4. The Bertz CT molecular complexity index is 109. The maximum atomic E-state index is 8.00. The summed E-state index contributed by atoms with van der Waals surface area (Å²) in [6, 6.07) is 0. The Morgan fingerprint density at radius 1 is 1.20 bits per heavy atom. The second kappa shape index (κ2) is 13.6. The summed E-state index contributed by atoms with van der Waals surface area (Å²) in [5, 5.41) is 0. The monoisotopic (exact) mass is 218 g/mol. The molecule has 0 unspecified atom stereocenters. The molecule has 2 nitrogen and oxygen atoms in total. The number of methoxy groups -OCH3 is 1. The van der Waals surface area contributed by atoms with Gasteiger partial charge in [-0.05, 0) is 17.8 Å². The fourth-order valence-corrected chi connectivity index (χ4v) is 0.856. The first-order valence-electron chi connectivity index (χ1n) is 5.58. The van der Waals surface area contributed by atoms with Crippen molar-refractivity contribution in [3.8, 4) is 0 Å². The molecule has 0 rings (SSSR count). The van der Waals surface area contributed by atoms with Gasteiger partial charge in [-0.3, -0.25) is 0 Å². The van der Waals surface area contributed by atoms with Crippen LogP contribution in [0.15, 0.2) is 0 Å². The summed E-state index contributed by atoms with van der Waals surface area (Å²) in [6.07, 6.45) is 4.06. The van der Waals surface area contributed by atoms with Crippen LogP contribution in [-0.2, 0) is 9.53 Å². The summed E-state index contributed by atoms with van der Waals surface area (Å²) < 4.78 is 4.25. The third kappa shape index (κ3) is 24.8. The molecule has 94 valence electrons. The number of hydrogen-bond donors (Lipinski definition) is 0. The lowest BCUT2D eigenvalue weighted by Gasteiger charge is -2.23. The van der Waals surface area contributed by atoms with Gasteiger partial charge in [0.1, 0.15) is 6.79 Å². The van der Waals surface area contributed by atoms with E-state index in [1.54, 1.807) is 14.2 Å². The maximum absolute atomic E-state index is 8.00. The van der Waals surface area contributed by atoms with Gasteiger partial charge in [0.05, 0.1) is 0 Å². The van der Waals surface area contributed by atoms with Crippen molar-refractivity contribution >= 4 is 6.79 Å². The van der Waals surface area contributed by atoms with Gasteiger partial charge >= 0.3 is 0 Å². The van der Waals surface area contributed by atoms with E-state index in [0.717, 1.165) is 5.92 Å². The predicted molar refractivity (Wildman–Crippen MR) is 68.2 cm³/mol. The number of carbonyl (C=O) groups is 1. The van der Waals surface area contributed by atoms with Gasteiger partial charge in [-0.2, -0.15) is 0 Å². The molecule has 15 heavy (non-hydrogen) atoms. The molecule has 0 fully saturated rings. The minimum absolute atomic E-state index is 0.574. The molecule has 2 heteroatoms. The van der Waals surface area contributed by atoms with Crippen LogP contribution in [0.5, 0.6) is 0 Å². The number of ether oxygens (including phenoxy) is 1. The minimum atomic E-state index is 0.574. The molecule has 0 bridgehead atoms. The van der Waals surface area contributed by atoms with Crippen LogP contribution < -0.4 is 0 Å². The van der Waals surface area contributed by atoms with E-state index < -0.39 is 0 Å². The fraction of sp³-hybridized carbons (Fsp3) is 0.923. The zero-order chi connectivity index (χ0) is 12.9. The van der Waals surface area contributed by atoms with Crippen LogP contribution >= 0.6 is 0 Å². The molecule has 0 aromatic carbocycles. The lowest BCUT2D eigenvalue weighted by atomic mass is 9.83. The first-order chi connectivity index (χ1) is 6.89. The van der Waals surface area contributed by atoms with Gasteiger partial charge in [0, 0.05) is 14.2 Å². The van der Waals surface area contributed by atoms with Gasteiger partial charge in [0.2, 0.25) is 0 Å². The van der Waals surface area contributed by atoms with E-state index in [0.29, 0.717) is 5.41 Å². The molecule has 0 spiro atoms. The zero-order valence-electron chi connectivity index (χ0n) is 11.7. The van der Waals surface area contributed by atoms with E-state index in [4.69, 9.17) is 4.79 Å². The molecule has 0 aliphatic carbocycles. The van der Waals surface area contributed by atoms with Crippen LogP contribution in [0, 0.1) is 11.3 Å². The van der Waals surface area contributed by atoms with Crippen molar-refractivity contribution in [1.82, 2.24) is 0 Å². The minimum Gasteiger partial charge on any atom is -0.388 e. The normalized spacial score (nSPS) is 9.87. The maximum Gasteiger partial charge on any atom is 0.106 e. The second-order valence-electron chi connectivity index (χ2n) is 4.86. The molecule has 0 saturated heterocycles. The smallest absolute Gasteiger partial charge is 0.106 e. The van der Waals surface area contributed by atoms with Gasteiger partial charge in [-0.1, -0.05) is 47.5 Å². The van der Waals surface area contributed by atoms with Gasteiger partial charge < -0.3 is 9.53 Å². The highest BCUT2D eigenvalue weighted by molar-refractivity contribution is 5.10. The molecule has 0 atom stereocenters. The van der Waals surface area contributed by atoms with E-state index in [1.807, 2.05) is 6.79 Å². The van der Waals surface area contributed by atoms with E-state index >= 15 is 0 Å². The SMILES string of the molecule is C=O.CCC(C)(C)CCC(C)C.COC. The summed E-state index contributed by atoms with van der Waals surface area (Å²) in [4.78, 5) is 8.00. The highest BCUT2D eigenvalue weighted by Gasteiger charge is 2.14. The Hall–Kier alpha value is -0.370. The van der Waals surface area contributed by atoms with Crippen LogP contribution in [0.2, 0.25) is 0 Å². The van der Waals surface area contributed by atoms with E-state index in [1.165, 1.54) is 19.3 Å². The van der Waals surface area contributed by atoms with Gasteiger partial charge in [0.25, 0.3) is 0 Å². The lowest BCUT2D eigenvalue weighted by Crippen LogP contribution is -2.10. The third-order valence-electron chi connectivity index (χ3n) is 2.36. The molecule has 0 aromatic rings. The zero-order valence-corrected chi connectivity index (χ0v) is 11.7. The Labute approximate surface area is 96.4 Å². The lowest BCUT2D eigenvalue weighted by molar-refractivity contribution is -0.0979. The van der Waals surface area contributed by atoms with Crippen LogP contribution in [0.25, 0.3) is 0 Å². The molecule has 0 saturated carbocycles. The first kappa shape index (κ1) is 20.1. The second-order valence-corrected chi connectivity index (χ2v) is 4.86. The highest BCUT2D eigenvalue weighted by Crippen LogP contribution is 2.27. The molecule has 0 N–H and O–H groups in total.